The number of nitrogens with zero attached hydrogens (tertiary/aromatic N) is 1. The molecule has 1 nitrogen and oxygen atoms in total. The largest absolute Gasteiger partial charge is 0.334 e. The molecule has 0 atom stereocenters. The molecule has 0 bridgehead atoms. The van der Waals surface area contributed by atoms with Crippen LogP contribution in [0.25, 0.3) is 31.3 Å². The summed E-state index contributed by atoms with van der Waals surface area (Å²) in [5.41, 5.74) is 8.06. The van der Waals surface area contributed by atoms with E-state index in [1.807, 2.05) is 11.3 Å². The molecule has 6 rings (SSSR count). The van der Waals surface area contributed by atoms with Crippen LogP contribution in [-0.2, 0) is 5.41 Å². The Morgan fingerprint density at radius 3 is 2.12 bits per heavy atom. The molecule has 1 aromatic heterocycles. The highest BCUT2D eigenvalue weighted by Crippen LogP contribution is 2.54. The molecule has 0 radical (unpaired) electrons. The molecular weight excluding hydrogens is 418 g/mol. The summed E-state index contributed by atoms with van der Waals surface area (Å²) in [5.74, 6) is 0. The lowest BCUT2D eigenvalue weighted by Gasteiger charge is -2.39. The fraction of sp³-hybridized carbons (Fsp3) is 0.226. The first-order chi connectivity index (χ1) is 15.8. The Balaban J connectivity index is 1.68. The van der Waals surface area contributed by atoms with Crippen LogP contribution < -0.4 is 4.90 Å². The van der Waals surface area contributed by atoms with Gasteiger partial charge in [-0.2, -0.15) is 0 Å². The van der Waals surface area contributed by atoms with Gasteiger partial charge in [0.15, 0.2) is 0 Å². The van der Waals surface area contributed by atoms with Gasteiger partial charge in [-0.15, -0.1) is 11.3 Å². The van der Waals surface area contributed by atoms with Crippen LogP contribution >= 0.6 is 11.3 Å². The van der Waals surface area contributed by atoms with Crippen molar-refractivity contribution in [2.24, 2.45) is 0 Å². The molecule has 0 aliphatic heterocycles. The van der Waals surface area contributed by atoms with E-state index in [1.54, 1.807) is 0 Å². The van der Waals surface area contributed by atoms with Crippen molar-refractivity contribution in [1.82, 2.24) is 0 Å². The zero-order chi connectivity index (χ0) is 23.0. The maximum atomic E-state index is 2.57. The first-order valence-electron chi connectivity index (χ1n) is 11.7. The zero-order valence-electron chi connectivity index (χ0n) is 19.9. The second-order valence-corrected chi connectivity index (χ2v) is 11.7. The second kappa shape index (κ2) is 6.95. The predicted octanol–water partition coefficient (Wildman–Crippen LogP) is 9.30. The fourth-order valence-corrected chi connectivity index (χ4v) is 6.89. The van der Waals surface area contributed by atoms with Crippen LogP contribution in [-0.4, -0.2) is 5.54 Å². The van der Waals surface area contributed by atoms with Gasteiger partial charge in [-0.3, -0.25) is 0 Å². The minimum absolute atomic E-state index is 0.00485. The Kier molecular flexibility index (Phi) is 4.32. The first kappa shape index (κ1) is 20.5. The quantitative estimate of drug-likeness (QED) is 0.260. The summed E-state index contributed by atoms with van der Waals surface area (Å²) in [6, 6.07) is 31.4. The summed E-state index contributed by atoms with van der Waals surface area (Å²) < 4.78 is 2.70. The average molecular weight is 448 g/mol. The van der Waals surface area contributed by atoms with Gasteiger partial charge in [0.25, 0.3) is 0 Å². The van der Waals surface area contributed by atoms with Crippen LogP contribution in [0.5, 0.6) is 0 Å². The van der Waals surface area contributed by atoms with Gasteiger partial charge in [0, 0.05) is 37.7 Å². The molecule has 164 valence electrons. The van der Waals surface area contributed by atoms with Gasteiger partial charge in [0.2, 0.25) is 0 Å². The van der Waals surface area contributed by atoms with Gasteiger partial charge in [-0.05, 0) is 55.7 Å². The normalized spacial score (nSPS) is 14.5. The highest BCUT2D eigenvalue weighted by atomic mass is 32.1. The van der Waals surface area contributed by atoms with Gasteiger partial charge in [0.05, 0.1) is 10.4 Å². The highest BCUT2D eigenvalue weighted by molar-refractivity contribution is 7.26. The third-order valence-corrected chi connectivity index (χ3v) is 8.33. The Bertz CT molecular complexity index is 1530. The molecule has 0 N–H and O–H groups in total. The molecule has 1 aliphatic rings. The monoisotopic (exact) mass is 447 g/mol. The summed E-state index contributed by atoms with van der Waals surface area (Å²) in [6.45, 7) is 11.7. The van der Waals surface area contributed by atoms with Crippen molar-refractivity contribution >= 4 is 42.9 Å². The minimum Gasteiger partial charge on any atom is -0.334 e. The average Bonchev–Trinajstić information content (AvgIpc) is 3.28. The summed E-state index contributed by atoms with van der Waals surface area (Å²) in [6.07, 6.45) is 0. The van der Waals surface area contributed by atoms with Crippen molar-refractivity contribution in [3.8, 4) is 11.1 Å². The number of fused-ring (bicyclic) bond motifs is 6. The number of anilines is 2. The predicted molar refractivity (Wildman–Crippen MR) is 145 cm³/mol. The van der Waals surface area contributed by atoms with Crippen LogP contribution in [0.4, 0.5) is 11.4 Å². The van der Waals surface area contributed by atoms with Gasteiger partial charge in [-0.25, -0.2) is 0 Å². The van der Waals surface area contributed by atoms with E-state index < -0.39 is 0 Å². The smallest absolute Gasteiger partial charge is 0.0597 e. The molecule has 0 unspecified atom stereocenters. The molecule has 1 heterocycles. The van der Waals surface area contributed by atoms with E-state index in [4.69, 9.17) is 0 Å². The molecular formula is C31H29NS. The minimum atomic E-state index is -0.0960. The lowest BCUT2D eigenvalue weighted by atomic mass is 9.82. The van der Waals surface area contributed by atoms with E-state index in [1.165, 1.54) is 53.8 Å². The number of benzene rings is 4. The molecule has 0 fully saturated rings. The lowest BCUT2D eigenvalue weighted by Crippen LogP contribution is -2.38. The van der Waals surface area contributed by atoms with E-state index in [2.05, 4.69) is 124 Å². The first-order valence-corrected chi connectivity index (χ1v) is 12.5. The molecule has 4 aromatic carbocycles. The fourth-order valence-electron chi connectivity index (χ4n) is 5.68. The summed E-state index contributed by atoms with van der Waals surface area (Å²) in [4.78, 5) is 2.57. The SMILES string of the molecule is CC1(C)c2ccccc2-c2c(N(c3cccc4c3sc3ccccc34)C(C)(C)C)cccc21. The van der Waals surface area contributed by atoms with Crippen molar-refractivity contribution in [1.29, 1.82) is 0 Å². The van der Waals surface area contributed by atoms with Gasteiger partial charge in [0.1, 0.15) is 0 Å². The Morgan fingerprint density at radius 1 is 0.667 bits per heavy atom. The van der Waals surface area contributed by atoms with Crippen molar-refractivity contribution in [3.63, 3.8) is 0 Å². The van der Waals surface area contributed by atoms with Crippen LogP contribution in [0.1, 0.15) is 45.7 Å². The van der Waals surface area contributed by atoms with E-state index in [-0.39, 0.29) is 11.0 Å². The van der Waals surface area contributed by atoms with Crippen LogP contribution in [0.15, 0.2) is 84.9 Å². The molecule has 5 aromatic rings. The lowest BCUT2D eigenvalue weighted by molar-refractivity contribution is 0.561. The van der Waals surface area contributed by atoms with Crippen LogP contribution in [0.3, 0.4) is 0 Å². The van der Waals surface area contributed by atoms with Crippen molar-refractivity contribution < 1.29 is 0 Å². The van der Waals surface area contributed by atoms with E-state index in [0.29, 0.717) is 0 Å². The third kappa shape index (κ3) is 2.90. The van der Waals surface area contributed by atoms with Crippen LogP contribution in [0.2, 0.25) is 0 Å². The van der Waals surface area contributed by atoms with Crippen molar-refractivity contribution in [2.45, 2.75) is 45.6 Å². The molecule has 0 saturated heterocycles. The van der Waals surface area contributed by atoms with Crippen molar-refractivity contribution in [3.05, 3.63) is 96.1 Å². The molecule has 33 heavy (non-hydrogen) atoms. The van der Waals surface area contributed by atoms with Crippen molar-refractivity contribution in [2.75, 3.05) is 4.90 Å². The van der Waals surface area contributed by atoms with E-state index in [9.17, 15) is 0 Å². The van der Waals surface area contributed by atoms with Gasteiger partial charge < -0.3 is 4.90 Å². The van der Waals surface area contributed by atoms with Gasteiger partial charge in [-0.1, -0.05) is 80.6 Å². The highest BCUT2D eigenvalue weighted by Gasteiger charge is 2.39. The number of hydrogen-bond donors (Lipinski definition) is 0. The maximum Gasteiger partial charge on any atom is 0.0597 e. The van der Waals surface area contributed by atoms with E-state index >= 15 is 0 Å². The Hall–Kier alpha value is -3.10. The second-order valence-electron chi connectivity index (χ2n) is 10.6. The zero-order valence-corrected chi connectivity index (χ0v) is 20.8. The summed E-state index contributed by atoms with van der Waals surface area (Å²) >= 11 is 1.90. The number of hydrogen-bond acceptors (Lipinski definition) is 2. The summed E-state index contributed by atoms with van der Waals surface area (Å²) in [5, 5.41) is 2.69. The molecule has 0 saturated carbocycles. The Labute approximate surface area is 200 Å². The van der Waals surface area contributed by atoms with Crippen LogP contribution in [0, 0.1) is 0 Å². The number of thiophene rings is 1. The molecule has 0 spiro atoms. The maximum absolute atomic E-state index is 2.57. The molecule has 2 heteroatoms. The standard InChI is InChI=1S/C31H29NS/c1-30(2,3)32(26-18-10-14-21-20-12-7-9-19-27(20)33-29(21)26)25-17-11-16-24-28(25)22-13-6-8-15-23(22)31(24,4)5/h6-19H,1-5H3. The van der Waals surface area contributed by atoms with Gasteiger partial charge >= 0.3 is 0 Å². The topological polar surface area (TPSA) is 3.24 Å². The number of rotatable bonds is 2. The third-order valence-electron chi connectivity index (χ3n) is 7.12. The Morgan fingerprint density at radius 2 is 1.30 bits per heavy atom. The molecule has 1 aliphatic carbocycles. The van der Waals surface area contributed by atoms with E-state index in [0.717, 1.165) is 0 Å². The summed E-state index contributed by atoms with van der Waals surface area (Å²) in [7, 11) is 0. The molecule has 0 amide bonds.